The van der Waals surface area contributed by atoms with Crippen LogP contribution in [0.1, 0.15) is 29.2 Å². The fourth-order valence-electron chi connectivity index (χ4n) is 5.56. The van der Waals surface area contributed by atoms with Crippen molar-refractivity contribution in [2.45, 2.75) is 18.0 Å². The van der Waals surface area contributed by atoms with Crippen molar-refractivity contribution in [3.63, 3.8) is 0 Å². The van der Waals surface area contributed by atoms with Crippen LogP contribution in [0.5, 0.6) is 0 Å². The maximum Gasteiger partial charge on any atom is 0.269 e. The third-order valence-corrected chi connectivity index (χ3v) is 6.84. The lowest BCUT2D eigenvalue weighted by Gasteiger charge is -2.37. The Morgan fingerprint density at radius 2 is 1.45 bits per heavy atom. The smallest absolute Gasteiger partial charge is 0.269 e. The summed E-state index contributed by atoms with van der Waals surface area (Å²) in [6.07, 6.45) is 0.319. The molecule has 6 heteroatoms. The standard InChI is InChI=1S/C25H18N4O2/c1-28-23(17-10-12-18(13-11-17)29(30)31)24(15-26,16-27)14-25(28)21-8-4-2-6-19(21)20-7-3-5-9-22(20)25/h2-13,23H,14H2,1H3/t23-/m1/s1. The molecule has 6 nitrogen and oxygen atoms in total. The molecule has 31 heavy (non-hydrogen) atoms. The van der Waals surface area contributed by atoms with Gasteiger partial charge < -0.3 is 0 Å². The monoisotopic (exact) mass is 406 g/mol. The average Bonchev–Trinajstić information content (AvgIpc) is 3.25. The van der Waals surface area contributed by atoms with Crippen molar-refractivity contribution >= 4 is 5.69 Å². The molecule has 0 N–H and O–H groups in total. The minimum atomic E-state index is -1.31. The van der Waals surface area contributed by atoms with E-state index in [0.29, 0.717) is 6.42 Å². The van der Waals surface area contributed by atoms with Gasteiger partial charge in [-0.1, -0.05) is 60.7 Å². The van der Waals surface area contributed by atoms with Crippen LogP contribution in [0.4, 0.5) is 5.69 Å². The van der Waals surface area contributed by atoms with E-state index in [1.54, 1.807) is 12.1 Å². The third-order valence-electron chi connectivity index (χ3n) is 6.84. The number of nitrogens with zero attached hydrogens (tertiary/aromatic N) is 4. The second kappa shape index (κ2) is 6.50. The van der Waals surface area contributed by atoms with Crippen molar-refractivity contribution in [1.82, 2.24) is 4.90 Å². The van der Waals surface area contributed by atoms with Gasteiger partial charge >= 0.3 is 0 Å². The van der Waals surface area contributed by atoms with E-state index in [0.717, 1.165) is 27.8 Å². The molecule has 0 saturated carbocycles. The zero-order valence-corrected chi connectivity index (χ0v) is 16.8. The Morgan fingerprint density at radius 1 is 0.935 bits per heavy atom. The molecule has 1 aliphatic heterocycles. The molecule has 150 valence electrons. The lowest BCUT2D eigenvalue weighted by molar-refractivity contribution is -0.384. The first-order valence-electron chi connectivity index (χ1n) is 9.98. The van der Waals surface area contributed by atoms with Crippen LogP contribution in [0.2, 0.25) is 0 Å². The summed E-state index contributed by atoms with van der Waals surface area (Å²) in [7, 11) is 1.95. The van der Waals surface area contributed by atoms with Gasteiger partial charge in [0.25, 0.3) is 5.69 Å². The molecule has 1 spiro atoms. The summed E-state index contributed by atoms with van der Waals surface area (Å²) in [6.45, 7) is 0. The Kier molecular flexibility index (Phi) is 3.98. The highest BCUT2D eigenvalue weighted by Crippen LogP contribution is 2.64. The summed E-state index contributed by atoms with van der Waals surface area (Å²) in [5.74, 6) is 0. The van der Waals surface area contributed by atoms with Crippen LogP contribution in [0.15, 0.2) is 72.8 Å². The predicted molar refractivity (Wildman–Crippen MR) is 115 cm³/mol. The van der Waals surface area contributed by atoms with E-state index in [1.165, 1.54) is 12.1 Å². The van der Waals surface area contributed by atoms with Crippen molar-refractivity contribution < 1.29 is 4.92 Å². The van der Waals surface area contributed by atoms with E-state index in [4.69, 9.17) is 0 Å². The first kappa shape index (κ1) is 19.0. The van der Waals surface area contributed by atoms with Gasteiger partial charge in [-0.15, -0.1) is 0 Å². The van der Waals surface area contributed by atoms with Crippen LogP contribution in [-0.2, 0) is 5.54 Å². The second-order valence-electron chi connectivity index (χ2n) is 8.19. The van der Waals surface area contributed by atoms with E-state index in [1.807, 2.05) is 31.3 Å². The third kappa shape index (κ3) is 2.34. The molecule has 0 radical (unpaired) electrons. The molecule has 2 aliphatic rings. The SMILES string of the molecule is CN1[C@H](c2ccc([N+](=O)[O-])cc2)C(C#N)(C#N)CC12c1ccccc1-c1ccccc12. The summed E-state index contributed by atoms with van der Waals surface area (Å²) < 4.78 is 0. The van der Waals surface area contributed by atoms with Crippen molar-refractivity contribution in [3.05, 3.63) is 99.6 Å². The molecule has 1 aliphatic carbocycles. The molecule has 1 heterocycles. The van der Waals surface area contributed by atoms with Crippen molar-refractivity contribution in [3.8, 4) is 23.3 Å². The zero-order chi connectivity index (χ0) is 21.8. The fraction of sp³-hybridized carbons (Fsp3) is 0.200. The van der Waals surface area contributed by atoms with Gasteiger partial charge in [-0.2, -0.15) is 10.5 Å². The largest absolute Gasteiger partial charge is 0.283 e. The quantitative estimate of drug-likeness (QED) is 0.444. The van der Waals surface area contributed by atoms with Crippen LogP contribution < -0.4 is 0 Å². The van der Waals surface area contributed by atoms with Crippen LogP contribution in [0.3, 0.4) is 0 Å². The molecule has 1 saturated heterocycles. The van der Waals surface area contributed by atoms with E-state index >= 15 is 0 Å². The number of non-ortho nitro benzene ring substituents is 1. The summed E-state index contributed by atoms with van der Waals surface area (Å²) >= 11 is 0. The average molecular weight is 406 g/mol. The molecule has 1 fully saturated rings. The molecule has 0 amide bonds. The highest BCUT2D eigenvalue weighted by Gasteiger charge is 2.63. The molecular weight excluding hydrogens is 388 g/mol. The summed E-state index contributed by atoms with van der Waals surface area (Å²) in [5.41, 5.74) is 3.14. The van der Waals surface area contributed by atoms with Gasteiger partial charge in [0, 0.05) is 18.6 Å². The molecule has 0 aromatic heterocycles. The molecule has 5 rings (SSSR count). The number of rotatable bonds is 2. The Bertz CT molecular complexity index is 1240. The van der Waals surface area contributed by atoms with E-state index in [9.17, 15) is 20.6 Å². The van der Waals surface area contributed by atoms with Crippen molar-refractivity contribution in [2.24, 2.45) is 5.41 Å². The summed E-state index contributed by atoms with van der Waals surface area (Å²) in [5, 5.41) is 31.6. The first-order valence-corrected chi connectivity index (χ1v) is 9.98. The van der Waals surface area contributed by atoms with Gasteiger partial charge in [0.1, 0.15) is 0 Å². The number of nitriles is 2. The van der Waals surface area contributed by atoms with Gasteiger partial charge in [-0.25, -0.2) is 0 Å². The van der Waals surface area contributed by atoms with Crippen LogP contribution in [0, 0.1) is 38.2 Å². The predicted octanol–water partition coefficient (Wildman–Crippen LogP) is 4.93. The van der Waals surface area contributed by atoms with Crippen molar-refractivity contribution in [1.29, 1.82) is 10.5 Å². The van der Waals surface area contributed by atoms with E-state index in [-0.39, 0.29) is 5.69 Å². The van der Waals surface area contributed by atoms with Gasteiger partial charge in [0.2, 0.25) is 0 Å². The highest BCUT2D eigenvalue weighted by atomic mass is 16.6. The maximum absolute atomic E-state index is 11.1. The lowest BCUT2D eigenvalue weighted by atomic mass is 9.74. The molecular formula is C25H18N4O2. The molecule has 3 aromatic carbocycles. The van der Waals surface area contributed by atoms with Gasteiger partial charge in [0.15, 0.2) is 5.41 Å². The summed E-state index contributed by atoms with van der Waals surface area (Å²) in [4.78, 5) is 12.8. The van der Waals surface area contributed by atoms with E-state index < -0.39 is 21.9 Å². The Hall–Kier alpha value is -4.00. The van der Waals surface area contributed by atoms with Crippen LogP contribution >= 0.6 is 0 Å². The topological polar surface area (TPSA) is 94.0 Å². The second-order valence-corrected chi connectivity index (χ2v) is 8.19. The van der Waals surface area contributed by atoms with Gasteiger partial charge in [-0.3, -0.25) is 15.0 Å². The van der Waals surface area contributed by atoms with E-state index in [2.05, 4.69) is 41.3 Å². The Labute approximate surface area is 179 Å². The minimum absolute atomic E-state index is 0.0183. The van der Waals surface area contributed by atoms with Gasteiger partial charge in [-0.05, 0) is 34.9 Å². The van der Waals surface area contributed by atoms with Gasteiger partial charge in [0.05, 0.1) is 28.6 Å². The maximum atomic E-state index is 11.1. The van der Waals surface area contributed by atoms with Crippen molar-refractivity contribution in [2.75, 3.05) is 7.05 Å². The number of likely N-dealkylation sites (tertiary alicyclic amines) is 1. The normalized spacial score (nSPS) is 19.9. The zero-order valence-electron chi connectivity index (χ0n) is 16.8. The number of hydrogen-bond donors (Lipinski definition) is 0. The number of hydrogen-bond acceptors (Lipinski definition) is 5. The summed E-state index contributed by atoms with van der Waals surface area (Å²) in [6, 6.07) is 26.6. The van der Waals surface area contributed by atoms with Crippen LogP contribution in [-0.4, -0.2) is 16.9 Å². The number of fused-ring (bicyclic) bond motifs is 5. The highest BCUT2D eigenvalue weighted by molar-refractivity contribution is 5.81. The fourth-order valence-corrected chi connectivity index (χ4v) is 5.56. The molecule has 3 aromatic rings. The Balaban J connectivity index is 1.76. The number of nitro groups is 1. The molecule has 0 bridgehead atoms. The Morgan fingerprint density at radius 3 is 1.94 bits per heavy atom. The first-order chi connectivity index (χ1) is 15.0. The lowest BCUT2D eigenvalue weighted by Crippen LogP contribution is -2.39. The minimum Gasteiger partial charge on any atom is -0.283 e. The number of nitro benzene ring substituents is 1. The molecule has 0 unspecified atom stereocenters. The molecule has 1 atom stereocenters. The number of benzene rings is 3. The van der Waals surface area contributed by atoms with Crippen LogP contribution in [0.25, 0.3) is 11.1 Å².